The van der Waals surface area contributed by atoms with E-state index < -0.39 is 0 Å². The summed E-state index contributed by atoms with van der Waals surface area (Å²) in [4.78, 5) is 0. The average Bonchev–Trinajstić information content (AvgIpc) is 2.50. The molecule has 0 radical (unpaired) electrons. The van der Waals surface area contributed by atoms with Crippen molar-refractivity contribution < 1.29 is 5.11 Å². The van der Waals surface area contributed by atoms with E-state index in [2.05, 4.69) is 26.0 Å². The van der Waals surface area contributed by atoms with E-state index in [9.17, 15) is 5.11 Å². The van der Waals surface area contributed by atoms with Crippen LogP contribution >= 0.6 is 0 Å². The van der Waals surface area contributed by atoms with E-state index in [4.69, 9.17) is 0 Å². The van der Waals surface area contributed by atoms with Gasteiger partial charge in [-0.1, -0.05) is 69.9 Å². The zero-order chi connectivity index (χ0) is 15.1. The second-order valence-electron chi connectivity index (χ2n) is 6.00. The van der Waals surface area contributed by atoms with Crippen LogP contribution in [-0.2, 0) is 12.8 Å². The molecule has 0 aliphatic rings. The number of aryl methyl sites for hydroxylation is 1. The van der Waals surface area contributed by atoms with Crippen LogP contribution in [0.1, 0.15) is 63.5 Å². The molecule has 0 amide bonds. The first-order valence-electron chi connectivity index (χ1n) is 8.50. The molecule has 0 atom stereocenters. The number of aromatic hydroxyl groups is 1. The van der Waals surface area contributed by atoms with Crippen molar-refractivity contribution in [1.82, 2.24) is 0 Å². The normalized spacial score (nSPS) is 11.1. The van der Waals surface area contributed by atoms with Crippen molar-refractivity contribution in [2.45, 2.75) is 65.2 Å². The average molecular weight is 284 g/mol. The summed E-state index contributed by atoms with van der Waals surface area (Å²) in [6.45, 7) is 4.46. The van der Waals surface area contributed by atoms with Crippen molar-refractivity contribution in [3.63, 3.8) is 0 Å². The standard InChI is InChI=1S/C20H28O/c1-3-5-7-11-16-15-17-12-9-10-14-19(17)20(21)18(16)13-8-6-4-2/h9-10,12,14-15,21H,3-8,11,13H2,1-2H3. The highest BCUT2D eigenvalue weighted by atomic mass is 16.3. The van der Waals surface area contributed by atoms with E-state index >= 15 is 0 Å². The second-order valence-corrected chi connectivity index (χ2v) is 6.00. The third-order valence-electron chi connectivity index (χ3n) is 4.30. The number of phenolic OH excluding ortho intramolecular Hbond substituents is 1. The Bertz CT molecular complexity index is 571. The van der Waals surface area contributed by atoms with Crippen LogP contribution in [0.3, 0.4) is 0 Å². The molecule has 1 heteroatoms. The van der Waals surface area contributed by atoms with Gasteiger partial charge in [-0.15, -0.1) is 0 Å². The summed E-state index contributed by atoms with van der Waals surface area (Å²) >= 11 is 0. The van der Waals surface area contributed by atoms with Gasteiger partial charge in [-0.3, -0.25) is 0 Å². The maximum atomic E-state index is 10.7. The zero-order valence-electron chi connectivity index (χ0n) is 13.5. The minimum atomic E-state index is 0.524. The summed E-state index contributed by atoms with van der Waals surface area (Å²) in [6, 6.07) is 10.5. The Morgan fingerprint density at radius 2 is 1.52 bits per heavy atom. The first-order valence-corrected chi connectivity index (χ1v) is 8.50. The lowest BCUT2D eigenvalue weighted by Crippen LogP contribution is -1.97. The van der Waals surface area contributed by atoms with Crippen molar-refractivity contribution in [1.29, 1.82) is 0 Å². The van der Waals surface area contributed by atoms with E-state index in [1.165, 1.54) is 55.0 Å². The van der Waals surface area contributed by atoms with Crippen LogP contribution < -0.4 is 0 Å². The van der Waals surface area contributed by atoms with Gasteiger partial charge >= 0.3 is 0 Å². The fourth-order valence-corrected chi connectivity index (χ4v) is 3.05. The first-order chi connectivity index (χ1) is 10.3. The number of phenols is 1. The number of benzene rings is 2. The number of rotatable bonds is 8. The Labute approximate surface area is 129 Å². The van der Waals surface area contributed by atoms with Gasteiger partial charge in [-0.05, 0) is 42.2 Å². The first kappa shape index (κ1) is 15.9. The predicted octanol–water partition coefficient (Wildman–Crippen LogP) is 6.01. The van der Waals surface area contributed by atoms with E-state index in [1.54, 1.807) is 0 Å². The van der Waals surface area contributed by atoms with E-state index in [0.717, 1.165) is 18.2 Å². The summed E-state index contributed by atoms with van der Waals surface area (Å²) < 4.78 is 0. The molecule has 0 spiro atoms. The molecular formula is C20H28O. The SMILES string of the molecule is CCCCCc1cc2ccccc2c(O)c1CCCCC. The predicted molar refractivity (Wildman–Crippen MR) is 92.1 cm³/mol. The van der Waals surface area contributed by atoms with Crippen molar-refractivity contribution >= 4 is 10.8 Å². The smallest absolute Gasteiger partial charge is 0.126 e. The van der Waals surface area contributed by atoms with Gasteiger partial charge in [0.1, 0.15) is 5.75 Å². The van der Waals surface area contributed by atoms with Crippen LogP contribution in [0.4, 0.5) is 0 Å². The number of hydrogen-bond acceptors (Lipinski definition) is 1. The molecule has 0 aromatic heterocycles. The topological polar surface area (TPSA) is 20.2 Å². The summed E-state index contributed by atoms with van der Waals surface area (Å²) in [6.07, 6.45) is 9.45. The molecule has 0 saturated heterocycles. The number of hydrogen-bond donors (Lipinski definition) is 1. The summed E-state index contributed by atoms with van der Waals surface area (Å²) in [5, 5.41) is 12.9. The lowest BCUT2D eigenvalue weighted by atomic mass is 9.92. The molecule has 0 fully saturated rings. The largest absolute Gasteiger partial charge is 0.507 e. The van der Waals surface area contributed by atoms with Crippen molar-refractivity contribution in [2.24, 2.45) is 0 Å². The van der Waals surface area contributed by atoms with Crippen LogP contribution in [0.15, 0.2) is 30.3 Å². The molecule has 2 aromatic carbocycles. The molecular weight excluding hydrogens is 256 g/mol. The molecule has 1 N–H and O–H groups in total. The molecule has 114 valence electrons. The molecule has 2 aromatic rings. The van der Waals surface area contributed by atoms with Crippen molar-refractivity contribution in [3.8, 4) is 5.75 Å². The molecule has 0 bridgehead atoms. The highest BCUT2D eigenvalue weighted by molar-refractivity contribution is 5.90. The Kier molecular flexibility index (Phi) is 6.10. The Hall–Kier alpha value is -1.50. The summed E-state index contributed by atoms with van der Waals surface area (Å²) in [5.41, 5.74) is 2.55. The van der Waals surface area contributed by atoms with Gasteiger partial charge in [-0.2, -0.15) is 0 Å². The number of unbranched alkanes of at least 4 members (excludes halogenated alkanes) is 4. The second kappa shape index (κ2) is 8.07. The van der Waals surface area contributed by atoms with Crippen molar-refractivity contribution in [2.75, 3.05) is 0 Å². The van der Waals surface area contributed by atoms with Crippen LogP contribution in [0, 0.1) is 0 Å². The summed E-state index contributed by atoms with van der Waals surface area (Å²) in [5.74, 6) is 0.524. The van der Waals surface area contributed by atoms with Crippen LogP contribution in [0.5, 0.6) is 5.75 Å². The molecule has 0 aliphatic heterocycles. The molecule has 21 heavy (non-hydrogen) atoms. The van der Waals surface area contributed by atoms with Crippen LogP contribution in [0.2, 0.25) is 0 Å². The third kappa shape index (κ3) is 4.00. The third-order valence-corrected chi connectivity index (χ3v) is 4.30. The highest BCUT2D eigenvalue weighted by Gasteiger charge is 2.12. The molecule has 0 unspecified atom stereocenters. The molecule has 2 rings (SSSR count). The number of fused-ring (bicyclic) bond motifs is 1. The van der Waals surface area contributed by atoms with E-state index in [1.807, 2.05) is 18.2 Å². The lowest BCUT2D eigenvalue weighted by molar-refractivity contribution is 0.471. The van der Waals surface area contributed by atoms with E-state index in [-0.39, 0.29) is 0 Å². The van der Waals surface area contributed by atoms with Gasteiger partial charge in [0.15, 0.2) is 0 Å². The van der Waals surface area contributed by atoms with Gasteiger partial charge in [0, 0.05) is 5.39 Å². The van der Waals surface area contributed by atoms with Gasteiger partial charge in [0.2, 0.25) is 0 Å². The lowest BCUT2D eigenvalue weighted by Gasteiger charge is -2.14. The minimum absolute atomic E-state index is 0.524. The van der Waals surface area contributed by atoms with Gasteiger partial charge in [0.25, 0.3) is 0 Å². The Balaban J connectivity index is 2.33. The van der Waals surface area contributed by atoms with Gasteiger partial charge in [0.05, 0.1) is 0 Å². The van der Waals surface area contributed by atoms with Gasteiger partial charge < -0.3 is 5.11 Å². The molecule has 0 heterocycles. The maximum absolute atomic E-state index is 10.7. The van der Waals surface area contributed by atoms with E-state index in [0.29, 0.717) is 5.75 Å². The zero-order valence-corrected chi connectivity index (χ0v) is 13.5. The van der Waals surface area contributed by atoms with Gasteiger partial charge in [-0.25, -0.2) is 0 Å². The van der Waals surface area contributed by atoms with Crippen LogP contribution in [-0.4, -0.2) is 5.11 Å². The van der Waals surface area contributed by atoms with Crippen LogP contribution in [0.25, 0.3) is 10.8 Å². The van der Waals surface area contributed by atoms with Crippen molar-refractivity contribution in [3.05, 3.63) is 41.5 Å². The minimum Gasteiger partial charge on any atom is -0.507 e. The maximum Gasteiger partial charge on any atom is 0.126 e. The monoisotopic (exact) mass is 284 g/mol. The molecule has 0 aliphatic carbocycles. The Morgan fingerprint density at radius 3 is 2.24 bits per heavy atom. The fourth-order valence-electron chi connectivity index (χ4n) is 3.05. The molecule has 0 saturated carbocycles. The summed E-state index contributed by atoms with van der Waals surface area (Å²) in [7, 11) is 0. The highest BCUT2D eigenvalue weighted by Crippen LogP contribution is 2.33. The molecule has 1 nitrogen and oxygen atoms in total. The fraction of sp³-hybridized carbons (Fsp3) is 0.500. The quantitative estimate of drug-likeness (QED) is 0.588. The Morgan fingerprint density at radius 1 is 0.857 bits per heavy atom.